The SMILES string of the molecule is Oc1cccc([C@]23CCC[C@H](C2)N(CCc2cccnc2)CC3)c1. The van der Waals surface area contributed by atoms with E-state index >= 15 is 0 Å². The summed E-state index contributed by atoms with van der Waals surface area (Å²) in [6.07, 6.45) is 11.2. The van der Waals surface area contributed by atoms with Gasteiger partial charge in [-0.05, 0) is 73.4 Å². The highest BCUT2D eigenvalue weighted by atomic mass is 16.3. The Morgan fingerprint density at radius 2 is 2.17 bits per heavy atom. The molecule has 0 radical (unpaired) electrons. The number of pyridine rings is 1. The molecule has 3 nitrogen and oxygen atoms in total. The van der Waals surface area contributed by atoms with Gasteiger partial charge in [0.2, 0.25) is 0 Å². The highest BCUT2D eigenvalue weighted by molar-refractivity contribution is 5.34. The van der Waals surface area contributed by atoms with Gasteiger partial charge < -0.3 is 5.11 Å². The molecule has 1 N–H and O–H groups in total. The summed E-state index contributed by atoms with van der Waals surface area (Å²) in [5.41, 5.74) is 2.96. The Kier molecular flexibility index (Phi) is 4.28. The molecule has 24 heavy (non-hydrogen) atoms. The second kappa shape index (κ2) is 6.56. The predicted molar refractivity (Wildman–Crippen MR) is 96.2 cm³/mol. The van der Waals surface area contributed by atoms with Crippen LogP contribution in [0.25, 0.3) is 0 Å². The quantitative estimate of drug-likeness (QED) is 0.927. The second-order valence-corrected chi connectivity index (χ2v) is 7.48. The van der Waals surface area contributed by atoms with E-state index in [1.54, 1.807) is 6.07 Å². The fourth-order valence-electron chi connectivity index (χ4n) is 4.77. The van der Waals surface area contributed by atoms with E-state index in [2.05, 4.69) is 22.0 Å². The molecule has 2 heterocycles. The zero-order valence-electron chi connectivity index (χ0n) is 14.2. The molecule has 2 atom stereocenters. The van der Waals surface area contributed by atoms with Gasteiger partial charge in [-0.2, -0.15) is 0 Å². The third-order valence-corrected chi connectivity index (χ3v) is 6.08. The number of phenolic OH excluding ortho intramolecular Hbond substituents is 1. The number of phenols is 1. The number of fused-ring (bicyclic) bond motifs is 2. The van der Waals surface area contributed by atoms with E-state index in [0.717, 1.165) is 13.0 Å². The van der Waals surface area contributed by atoms with Gasteiger partial charge in [0, 0.05) is 25.0 Å². The van der Waals surface area contributed by atoms with Crippen LogP contribution in [0, 0.1) is 0 Å². The van der Waals surface area contributed by atoms with Crippen molar-refractivity contribution in [3.8, 4) is 5.75 Å². The maximum atomic E-state index is 9.88. The minimum Gasteiger partial charge on any atom is -0.508 e. The Labute approximate surface area is 144 Å². The van der Waals surface area contributed by atoms with Crippen molar-refractivity contribution in [3.63, 3.8) is 0 Å². The van der Waals surface area contributed by atoms with Crippen molar-refractivity contribution >= 4 is 0 Å². The Morgan fingerprint density at radius 3 is 3.00 bits per heavy atom. The molecule has 1 saturated carbocycles. The average Bonchev–Trinajstić information content (AvgIpc) is 2.62. The molecule has 0 spiro atoms. The molecule has 2 bridgehead atoms. The van der Waals surface area contributed by atoms with Crippen molar-refractivity contribution in [3.05, 3.63) is 59.9 Å². The van der Waals surface area contributed by atoms with Gasteiger partial charge in [-0.3, -0.25) is 9.88 Å². The maximum Gasteiger partial charge on any atom is 0.115 e. The molecule has 1 aliphatic heterocycles. The molecule has 1 aliphatic carbocycles. The number of aromatic nitrogens is 1. The summed E-state index contributed by atoms with van der Waals surface area (Å²) in [6, 6.07) is 12.9. The van der Waals surface area contributed by atoms with Gasteiger partial charge in [-0.15, -0.1) is 0 Å². The van der Waals surface area contributed by atoms with Gasteiger partial charge in [0.25, 0.3) is 0 Å². The number of hydrogen-bond donors (Lipinski definition) is 1. The largest absolute Gasteiger partial charge is 0.508 e. The van der Waals surface area contributed by atoms with Crippen LogP contribution in [0.3, 0.4) is 0 Å². The number of piperidine rings is 1. The summed E-state index contributed by atoms with van der Waals surface area (Å²) in [6.45, 7) is 2.30. The van der Waals surface area contributed by atoms with Gasteiger partial charge in [0.1, 0.15) is 5.75 Å². The van der Waals surface area contributed by atoms with Crippen LogP contribution in [0.4, 0.5) is 0 Å². The average molecular weight is 322 g/mol. The first kappa shape index (κ1) is 15.6. The molecule has 2 aliphatic rings. The van der Waals surface area contributed by atoms with Crippen LogP contribution < -0.4 is 0 Å². The number of likely N-dealkylation sites (tertiary alicyclic amines) is 1. The molecule has 3 heteroatoms. The maximum absolute atomic E-state index is 9.88. The van der Waals surface area contributed by atoms with Gasteiger partial charge in [0.05, 0.1) is 0 Å². The van der Waals surface area contributed by atoms with E-state index in [9.17, 15) is 5.11 Å². The number of aromatic hydroxyl groups is 1. The minimum atomic E-state index is 0.284. The molecule has 1 saturated heterocycles. The fourth-order valence-corrected chi connectivity index (χ4v) is 4.77. The van der Waals surface area contributed by atoms with Crippen LogP contribution >= 0.6 is 0 Å². The Balaban J connectivity index is 1.46. The van der Waals surface area contributed by atoms with Gasteiger partial charge in [-0.25, -0.2) is 0 Å². The van der Waals surface area contributed by atoms with Gasteiger partial charge in [0.15, 0.2) is 0 Å². The van der Waals surface area contributed by atoms with Crippen molar-refractivity contribution in [1.82, 2.24) is 9.88 Å². The Morgan fingerprint density at radius 1 is 1.21 bits per heavy atom. The van der Waals surface area contributed by atoms with E-state index in [4.69, 9.17) is 0 Å². The van der Waals surface area contributed by atoms with Crippen LogP contribution in [-0.4, -0.2) is 34.1 Å². The zero-order chi connectivity index (χ0) is 16.4. The van der Waals surface area contributed by atoms with Crippen molar-refractivity contribution < 1.29 is 5.11 Å². The molecule has 126 valence electrons. The van der Waals surface area contributed by atoms with Crippen molar-refractivity contribution in [1.29, 1.82) is 0 Å². The highest BCUT2D eigenvalue weighted by Gasteiger charge is 2.43. The minimum absolute atomic E-state index is 0.284. The van der Waals surface area contributed by atoms with Crippen molar-refractivity contribution in [2.75, 3.05) is 13.1 Å². The third-order valence-electron chi connectivity index (χ3n) is 6.08. The van der Waals surface area contributed by atoms with E-state index in [1.165, 1.54) is 49.8 Å². The number of hydrogen-bond acceptors (Lipinski definition) is 3. The lowest BCUT2D eigenvalue weighted by Gasteiger charge is -2.51. The predicted octanol–water partition coefficient (Wildman–Crippen LogP) is 3.92. The van der Waals surface area contributed by atoms with E-state index in [0.29, 0.717) is 11.8 Å². The van der Waals surface area contributed by atoms with Crippen LogP contribution in [0.2, 0.25) is 0 Å². The van der Waals surface area contributed by atoms with Crippen LogP contribution in [0.15, 0.2) is 48.8 Å². The molecule has 0 unspecified atom stereocenters. The summed E-state index contributed by atoms with van der Waals surface area (Å²) in [5, 5.41) is 9.88. The first-order valence-electron chi connectivity index (χ1n) is 9.18. The zero-order valence-corrected chi connectivity index (χ0v) is 14.2. The van der Waals surface area contributed by atoms with Crippen LogP contribution in [0.1, 0.15) is 43.2 Å². The normalized spacial score (nSPS) is 27.1. The molecule has 4 rings (SSSR count). The standard InChI is InChI=1S/C21H26N2O/c24-20-7-1-5-18(14-20)21-9-2-6-19(15-21)23(13-10-21)12-8-17-4-3-11-22-16-17/h1,3-5,7,11,14,16,19,24H,2,6,8-10,12-13,15H2/t19-,21+/m1/s1. The number of nitrogens with zero attached hydrogens (tertiary/aromatic N) is 2. The number of rotatable bonds is 4. The van der Waals surface area contributed by atoms with Crippen LogP contribution in [-0.2, 0) is 11.8 Å². The number of benzene rings is 1. The molecule has 2 aromatic rings. The lowest BCUT2D eigenvalue weighted by Crippen LogP contribution is -2.52. The molecular formula is C21H26N2O. The molecule has 0 amide bonds. The summed E-state index contributed by atoms with van der Waals surface area (Å²) in [4.78, 5) is 6.92. The topological polar surface area (TPSA) is 36.4 Å². The summed E-state index contributed by atoms with van der Waals surface area (Å²) >= 11 is 0. The third kappa shape index (κ3) is 3.05. The molecule has 2 fully saturated rings. The monoisotopic (exact) mass is 322 g/mol. The van der Waals surface area contributed by atoms with E-state index in [1.807, 2.05) is 30.6 Å². The summed E-state index contributed by atoms with van der Waals surface area (Å²) in [7, 11) is 0. The summed E-state index contributed by atoms with van der Waals surface area (Å²) in [5.74, 6) is 0.406. The van der Waals surface area contributed by atoms with Gasteiger partial charge >= 0.3 is 0 Å². The highest BCUT2D eigenvalue weighted by Crippen LogP contribution is 2.47. The van der Waals surface area contributed by atoms with Crippen molar-refractivity contribution in [2.24, 2.45) is 0 Å². The summed E-state index contributed by atoms with van der Waals surface area (Å²) < 4.78 is 0. The smallest absolute Gasteiger partial charge is 0.115 e. The van der Waals surface area contributed by atoms with Crippen molar-refractivity contribution in [2.45, 2.75) is 50.0 Å². The lowest BCUT2D eigenvalue weighted by atomic mass is 9.63. The Hall–Kier alpha value is -1.87. The Bertz CT molecular complexity index is 687. The second-order valence-electron chi connectivity index (χ2n) is 7.48. The van der Waals surface area contributed by atoms with Crippen LogP contribution in [0.5, 0.6) is 5.75 Å². The molecular weight excluding hydrogens is 296 g/mol. The first-order valence-corrected chi connectivity index (χ1v) is 9.18. The molecule has 1 aromatic heterocycles. The lowest BCUT2D eigenvalue weighted by molar-refractivity contribution is 0.0524. The van der Waals surface area contributed by atoms with E-state index < -0.39 is 0 Å². The molecule has 1 aromatic carbocycles. The van der Waals surface area contributed by atoms with E-state index in [-0.39, 0.29) is 5.41 Å². The fraction of sp³-hybridized carbons (Fsp3) is 0.476. The van der Waals surface area contributed by atoms with Gasteiger partial charge in [-0.1, -0.05) is 24.6 Å². The first-order chi connectivity index (χ1) is 11.8.